The maximum atomic E-state index is 10.6. The quantitative estimate of drug-likeness (QED) is 0.225. The second-order valence-electron chi connectivity index (χ2n) is 6.98. The van der Waals surface area contributed by atoms with Crippen LogP contribution in [-0.4, -0.2) is 55.2 Å². The fourth-order valence-electron chi connectivity index (χ4n) is 3.11. The van der Waals surface area contributed by atoms with E-state index in [-0.39, 0.29) is 24.0 Å². The second-order valence-corrected chi connectivity index (χ2v) is 7.93. The van der Waals surface area contributed by atoms with Crippen LogP contribution in [0.5, 0.6) is 0 Å². The molecule has 1 fully saturated rings. The Bertz CT molecular complexity index is 500. The first kappa shape index (κ1) is 23.7. The lowest BCUT2D eigenvalue weighted by Crippen LogP contribution is -2.40. The van der Waals surface area contributed by atoms with Crippen molar-refractivity contribution in [3.8, 4) is 0 Å². The normalized spacial score (nSPS) is 18.5. The van der Waals surface area contributed by atoms with Gasteiger partial charge in [0.05, 0.1) is 6.54 Å². The predicted octanol–water partition coefficient (Wildman–Crippen LogP) is 3.39. The van der Waals surface area contributed by atoms with Crippen molar-refractivity contribution < 1.29 is 5.11 Å². The maximum absolute atomic E-state index is 10.6. The summed E-state index contributed by atoms with van der Waals surface area (Å²) in [6.45, 7) is 9.61. The van der Waals surface area contributed by atoms with Gasteiger partial charge in [-0.1, -0.05) is 18.9 Å². The standard InChI is InChI=1S/C19H34N4OS.HI/c1-3-20-18(22-16-19(2,24)17-10-8-15-25-17)21-11-9-14-23-12-6-4-5-7-13-23;/h8,10,15,24H,3-7,9,11-14,16H2,1-2H3,(H2,20,21,22);1H. The first-order valence-electron chi connectivity index (χ1n) is 9.63. The smallest absolute Gasteiger partial charge is 0.191 e. The molecule has 5 nitrogen and oxygen atoms in total. The molecule has 1 unspecified atom stereocenters. The summed E-state index contributed by atoms with van der Waals surface area (Å²) in [6.07, 6.45) is 6.57. The Labute approximate surface area is 179 Å². The molecule has 0 aromatic carbocycles. The van der Waals surface area contributed by atoms with Crippen LogP contribution in [0.3, 0.4) is 0 Å². The molecule has 1 aliphatic rings. The Morgan fingerprint density at radius 1 is 1.27 bits per heavy atom. The van der Waals surface area contributed by atoms with Crippen molar-refractivity contribution in [2.75, 3.05) is 39.3 Å². The van der Waals surface area contributed by atoms with Crippen LogP contribution >= 0.6 is 35.3 Å². The van der Waals surface area contributed by atoms with Gasteiger partial charge in [-0.3, -0.25) is 0 Å². The highest BCUT2D eigenvalue weighted by atomic mass is 127. The van der Waals surface area contributed by atoms with E-state index in [0.717, 1.165) is 36.9 Å². The number of hydrogen-bond acceptors (Lipinski definition) is 4. The van der Waals surface area contributed by atoms with Crippen molar-refractivity contribution in [3.05, 3.63) is 22.4 Å². The summed E-state index contributed by atoms with van der Waals surface area (Å²) < 4.78 is 0. The molecular formula is C19H35IN4OS. The van der Waals surface area contributed by atoms with Gasteiger partial charge in [0.25, 0.3) is 0 Å². The minimum atomic E-state index is -0.914. The number of halogens is 1. The van der Waals surface area contributed by atoms with E-state index in [9.17, 15) is 5.11 Å². The molecule has 3 N–H and O–H groups in total. The van der Waals surface area contributed by atoms with Gasteiger partial charge in [0.15, 0.2) is 5.96 Å². The van der Waals surface area contributed by atoms with Crippen LogP contribution < -0.4 is 10.6 Å². The zero-order chi connectivity index (χ0) is 18.0. The lowest BCUT2D eigenvalue weighted by atomic mass is 10.1. The van der Waals surface area contributed by atoms with Gasteiger partial charge >= 0.3 is 0 Å². The summed E-state index contributed by atoms with van der Waals surface area (Å²) in [5.41, 5.74) is -0.914. The van der Waals surface area contributed by atoms with E-state index >= 15 is 0 Å². The fourth-order valence-corrected chi connectivity index (χ4v) is 3.89. The second kappa shape index (κ2) is 12.9. The molecule has 0 radical (unpaired) electrons. The minimum absolute atomic E-state index is 0. The molecular weight excluding hydrogens is 459 g/mol. The van der Waals surface area contributed by atoms with Crippen molar-refractivity contribution in [1.82, 2.24) is 15.5 Å². The molecule has 0 spiro atoms. The molecule has 150 valence electrons. The zero-order valence-corrected chi connectivity index (χ0v) is 19.3. The number of aliphatic imine (C=N–C) groups is 1. The lowest BCUT2D eigenvalue weighted by Gasteiger charge is -2.21. The van der Waals surface area contributed by atoms with E-state index in [0.29, 0.717) is 6.54 Å². The molecule has 1 aliphatic heterocycles. The van der Waals surface area contributed by atoms with E-state index in [1.165, 1.54) is 38.8 Å². The van der Waals surface area contributed by atoms with Crippen molar-refractivity contribution in [2.24, 2.45) is 4.99 Å². The molecule has 1 atom stereocenters. The summed E-state index contributed by atoms with van der Waals surface area (Å²) >= 11 is 1.57. The van der Waals surface area contributed by atoms with Crippen molar-refractivity contribution in [1.29, 1.82) is 0 Å². The number of nitrogens with zero attached hydrogens (tertiary/aromatic N) is 2. The highest BCUT2D eigenvalue weighted by Crippen LogP contribution is 2.25. The summed E-state index contributed by atoms with van der Waals surface area (Å²) in [5.74, 6) is 0.787. The van der Waals surface area contributed by atoms with E-state index < -0.39 is 5.60 Å². The molecule has 1 aromatic rings. The van der Waals surface area contributed by atoms with E-state index in [4.69, 9.17) is 0 Å². The molecule has 2 heterocycles. The van der Waals surface area contributed by atoms with E-state index in [1.807, 2.05) is 24.4 Å². The predicted molar refractivity (Wildman–Crippen MR) is 123 cm³/mol. The third-order valence-electron chi connectivity index (χ3n) is 4.58. The Morgan fingerprint density at radius 3 is 2.62 bits per heavy atom. The van der Waals surface area contributed by atoms with Crippen LogP contribution in [0.2, 0.25) is 0 Å². The Hall–Kier alpha value is -0.380. The summed E-state index contributed by atoms with van der Waals surface area (Å²) in [7, 11) is 0. The first-order chi connectivity index (χ1) is 12.1. The third-order valence-corrected chi connectivity index (χ3v) is 5.71. The van der Waals surface area contributed by atoms with Crippen molar-refractivity contribution >= 4 is 41.3 Å². The molecule has 26 heavy (non-hydrogen) atoms. The van der Waals surface area contributed by atoms with Gasteiger partial charge in [0, 0.05) is 18.0 Å². The Kier molecular flexibility index (Phi) is 11.7. The molecule has 1 aromatic heterocycles. The molecule has 0 bridgehead atoms. The largest absolute Gasteiger partial charge is 0.383 e. The fraction of sp³-hybridized carbons (Fsp3) is 0.737. The van der Waals surface area contributed by atoms with Crippen molar-refractivity contribution in [2.45, 2.75) is 51.6 Å². The molecule has 0 saturated carbocycles. The van der Waals surface area contributed by atoms with Crippen LogP contribution in [0.15, 0.2) is 22.5 Å². The topological polar surface area (TPSA) is 59.9 Å². The summed E-state index contributed by atoms with van der Waals surface area (Å²) in [5, 5.41) is 19.3. The summed E-state index contributed by atoms with van der Waals surface area (Å²) in [6, 6.07) is 3.92. The number of nitrogens with one attached hydrogen (secondary N) is 2. The Morgan fingerprint density at radius 2 is 2.00 bits per heavy atom. The van der Waals surface area contributed by atoms with Gasteiger partial charge in [-0.05, 0) is 64.2 Å². The van der Waals surface area contributed by atoms with E-state index in [1.54, 1.807) is 11.3 Å². The van der Waals surface area contributed by atoms with Gasteiger partial charge in [-0.15, -0.1) is 35.3 Å². The third kappa shape index (κ3) is 8.54. The minimum Gasteiger partial charge on any atom is -0.383 e. The zero-order valence-electron chi connectivity index (χ0n) is 16.2. The molecule has 7 heteroatoms. The van der Waals surface area contributed by atoms with Crippen molar-refractivity contribution in [3.63, 3.8) is 0 Å². The average Bonchev–Trinajstić information content (AvgIpc) is 3.03. The van der Waals surface area contributed by atoms with Crippen LogP contribution in [-0.2, 0) is 5.60 Å². The number of thiophene rings is 1. The molecule has 1 saturated heterocycles. The average molecular weight is 494 g/mol. The number of aliphatic hydroxyl groups is 1. The van der Waals surface area contributed by atoms with Crippen LogP contribution in [0.1, 0.15) is 50.8 Å². The van der Waals surface area contributed by atoms with Crippen LogP contribution in [0.25, 0.3) is 0 Å². The first-order valence-corrected chi connectivity index (χ1v) is 10.5. The van der Waals surface area contributed by atoms with E-state index in [2.05, 4.69) is 27.4 Å². The van der Waals surface area contributed by atoms with Gasteiger partial charge in [-0.25, -0.2) is 4.99 Å². The molecule has 2 rings (SSSR count). The number of guanidine groups is 1. The highest BCUT2D eigenvalue weighted by molar-refractivity contribution is 14.0. The maximum Gasteiger partial charge on any atom is 0.191 e. The highest BCUT2D eigenvalue weighted by Gasteiger charge is 2.23. The number of hydrogen-bond donors (Lipinski definition) is 3. The lowest BCUT2D eigenvalue weighted by molar-refractivity contribution is 0.0711. The number of rotatable bonds is 8. The molecule has 0 amide bonds. The van der Waals surface area contributed by atoms with Crippen LogP contribution in [0, 0.1) is 0 Å². The van der Waals surface area contributed by atoms with Gasteiger partial charge in [0.2, 0.25) is 0 Å². The van der Waals surface area contributed by atoms with Gasteiger partial charge in [0.1, 0.15) is 5.60 Å². The SMILES string of the molecule is CCNC(=NCC(C)(O)c1cccs1)NCCCN1CCCCCC1.I. The Balaban J connectivity index is 0.00000338. The monoisotopic (exact) mass is 494 g/mol. The van der Waals surface area contributed by atoms with Gasteiger partial charge < -0.3 is 20.6 Å². The van der Waals surface area contributed by atoms with Crippen LogP contribution in [0.4, 0.5) is 0 Å². The summed E-state index contributed by atoms with van der Waals surface area (Å²) in [4.78, 5) is 8.11. The molecule has 0 aliphatic carbocycles. The number of likely N-dealkylation sites (tertiary alicyclic amines) is 1. The van der Waals surface area contributed by atoms with Gasteiger partial charge in [-0.2, -0.15) is 0 Å².